The van der Waals surface area contributed by atoms with Crippen LogP contribution in [0.4, 0.5) is 5.69 Å². The van der Waals surface area contributed by atoms with Crippen molar-refractivity contribution in [2.75, 3.05) is 12.3 Å². The van der Waals surface area contributed by atoms with E-state index in [1.165, 1.54) is 23.9 Å². The number of nitro benzene ring substituents is 1. The third-order valence-corrected chi connectivity index (χ3v) is 6.50. The molecular formula is C25H33N3O4S. The van der Waals surface area contributed by atoms with Crippen molar-refractivity contribution in [1.82, 2.24) is 10.2 Å². The van der Waals surface area contributed by atoms with Crippen LogP contribution in [0.1, 0.15) is 44.7 Å². The first kappa shape index (κ1) is 26.4. The summed E-state index contributed by atoms with van der Waals surface area (Å²) in [5, 5.41) is 13.8. The standard InChI is InChI=1S/C25H33N3O4S/c1-4-19(3)26-25(30)23(5-2)27(16-15-20-9-7-6-8-10-20)24(29)18-33-17-21-11-13-22(14-12-21)28(31)32/h6-14,19,23H,4-5,15-18H2,1-3H3,(H,26,30). The number of carbonyl (C=O) groups is 2. The topological polar surface area (TPSA) is 92.6 Å². The van der Waals surface area contributed by atoms with Crippen LogP contribution in [0.3, 0.4) is 0 Å². The van der Waals surface area contributed by atoms with Gasteiger partial charge in [0, 0.05) is 30.5 Å². The molecule has 2 amide bonds. The van der Waals surface area contributed by atoms with Gasteiger partial charge >= 0.3 is 0 Å². The lowest BCUT2D eigenvalue weighted by molar-refractivity contribution is -0.384. The van der Waals surface area contributed by atoms with Gasteiger partial charge in [0.05, 0.1) is 10.7 Å². The normalized spacial score (nSPS) is 12.6. The lowest BCUT2D eigenvalue weighted by Gasteiger charge is -2.31. The quantitative estimate of drug-likeness (QED) is 0.341. The highest BCUT2D eigenvalue weighted by molar-refractivity contribution is 7.99. The van der Waals surface area contributed by atoms with Crippen molar-refractivity contribution in [3.8, 4) is 0 Å². The first-order valence-corrected chi connectivity index (χ1v) is 12.5. The molecule has 7 nitrogen and oxygen atoms in total. The predicted molar refractivity (Wildman–Crippen MR) is 133 cm³/mol. The molecule has 0 heterocycles. The lowest BCUT2D eigenvalue weighted by atomic mass is 10.1. The fraction of sp³-hybridized carbons (Fsp3) is 0.440. The molecule has 0 saturated carbocycles. The monoisotopic (exact) mass is 471 g/mol. The molecule has 0 aliphatic carbocycles. The minimum absolute atomic E-state index is 0.0463. The van der Waals surface area contributed by atoms with E-state index in [0.29, 0.717) is 25.1 Å². The van der Waals surface area contributed by atoms with Gasteiger partial charge in [0.1, 0.15) is 6.04 Å². The van der Waals surface area contributed by atoms with Gasteiger partial charge in [0.25, 0.3) is 5.69 Å². The van der Waals surface area contributed by atoms with Gasteiger partial charge in [-0.3, -0.25) is 19.7 Å². The molecule has 2 rings (SSSR count). The number of nitro groups is 1. The van der Waals surface area contributed by atoms with E-state index in [-0.39, 0.29) is 29.3 Å². The summed E-state index contributed by atoms with van der Waals surface area (Å²) in [7, 11) is 0. The minimum Gasteiger partial charge on any atom is -0.352 e. The molecule has 8 heteroatoms. The van der Waals surface area contributed by atoms with Gasteiger partial charge in [0.15, 0.2) is 0 Å². The number of hydrogen-bond donors (Lipinski definition) is 1. The Morgan fingerprint density at radius 3 is 2.27 bits per heavy atom. The number of rotatable bonds is 13. The fourth-order valence-corrected chi connectivity index (χ4v) is 4.26. The second kappa shape index (κ2) is 13.6. The molecule has 0 aromatic heterocycles. The van der Waals surface area contributed by atoms with Gasteiger partial charge in [-0.05, 0) is 37.3 Å². The van der Waals surface area contributed by atoms with Crippen LogP contribution in [-0.4, -0.2) is 46.0 Å². The number of non-ortho nitro benzene ring substituents is 1. The average molecular weight is 472 g/mol. The van der Waals surface area contributed by atoms with Gasteiger partial charge in [-0.15, -0.1) is 11.8 Å². The Kier molecular flexibility index (Phi) is 10.9. The summed E-state index contributed by atoms with van der Waals surface area (Å²) in [6.07, 6.45) is 2.04. The minimum atomic E-state index is -0.518. The first-order chi connectivity index (χ1) is 15.8. The van der Waals surface area contributed by atoms with Crippen LogP contribution in [0, 0.1) is 10.1 Å². The molecule has 0 bridgehead atoms. The smallest absolute Gasteiger partial charge is 0.269 e. The summed E-state index contributed by atoms with van der Waals surface area (Å²) in [5.74, 6) is 0.600. The van der Waals surface area contributed by atoms with E-state index in [1.54, 1.807) is 17.0 Å². The molecule has 2 atom stereocenters. The molecule has 0 spiro atoms. The van der Waals surface area contributed by atoms with E-state index in [1.807, 2.05) is 51.1 Å². The molecular weight excluding hydrogens is 438 g/mol. The Morgan fingerprint density at radius 1 is 1.03 bits per heavy atom. The van der Waals surface area contributed by atoms with Crippen LogP contribution in [0.25, 0.3) is 0 Å². The number of amides is 2. The second-order valence-corrected chi connectivity index (χ2v) is 8.97. The summed E-state index contributed by atoms with van der Waals surface area (Å²) in [6, 6.07) is 15.8. The maximum absolute atomic E-state index is 13.2. The highest BCUT2D eigenvalue weighted by Crippen LogP contribution is 2.18. The highest BCUT2D eigenvalue weighted by Gasteiger charge is 2.28. The number of nitrogens with zero attached hydrogens (tertiary/aromatic N) is 2. The molecule has 2 aromatic carbocycles. The summed E-state index contributed by atoms with van der Waals surface area (Å²) in [5.41, 5.74) is 2.08. The van der Waals surface area contributed by atoms with E-state index in [4.69, 9.17) is 0 Å². The zero-order chi connectivity index (χ0) is 24.2. The lowest BCUT2D eigenvalue weighted by Crippen LogP contribution is -2.52. The van der Waals surface area contributed by atoms with Crippen LogP contribution in [0.15, 0.2) is 54.6 Å². The van der Waals surface area contributed by atoms with Gasteiger partial charge in [0.2, 0.25) is 11.8 Å². The Balaban J connectivity index is 2.05. The van der Waals surface area contributed by atoms with E-state index in [9.17, 15) is 19.7 Å². The van der Waals surface area contributed by atoms with Crippen LogP contribution in [0.2, 0.25) is 0 Å². The van der Waals surface area contributed by atoms with Crippen molar-refractivity contribution in [3.63, 3.8) is 0 Å². The van der Waals surface area contributed by atoms with Gasteiger partial charge < -0.3 is 10.2 Å². The number of nitrogens with one attached hydrogen (secondary N) is 1. The molecule has 0 aliphatic rings. The summed E-state index contributed by atoms with van der Waals surface area (Å²) in [4.78, 5) is 38.2. The molecule has 33 heavy (non-hydrogen) atoms. The van der Waals surface area contributed by atoms with E-state index < -0.39 is 11.0 Å². The summed E-state index contributed by atoms with van der Waals surface area (Å²) >= 11 is 1.44. The Labute approximate surface area is 200 Å². The van der Waals surface area contributed by atoms with E-state index in [2.05, 4.69) is 5.32 Å². The van der Waals surface area contributed by atoms with E-state index >= 15 is 0 Å². The van der Waals surface area contributed by atoms with Crippen molar-refractivity contribution >= 4 is 29.3 Å². The number of thioether (sulfide) groups is 1. The van der Waals surface area contributed by atoms with Gasteiger partial charge in [-0.2, -0.15) is 0 Å². The molecule has 0 aliphatic heterocycles. The largest absolute Gasteiger partial charge is 0.352 e. The third kappa shape index (κ3) is 8.53. The molecule has 178 valence electrons. The number of hydrogen-bond acceptors (Lipinski definition) is 5. The molecule has 2 aromatic rings. The predicted octanol–water partition coefficient (Wildman–Crippen LogP) is 4.59. The Hall–Kier alpha value is -2.87. The molecule has 1 N–H and O–H groups in total. The van der Waals surface area contributed by atoms with Crippen molar-refractivity contribution < 1.29 is 14.5 Å². The molecule has 2 unspecified atom stereocenters. The zero-order valence-electron chi connectivity index (χ0n) is 19.5. The second-order valence-electron chi connectivity index (χ2n) is 7.98. The average Bonchev–Trinajstić information content (AvgIpc) is 2.82. The van der Waals surface area contributed by atoms with Crippen LogP contribution in [-0.2, 0) is 21.8 Å². The number of benzene rings is 2. The Bertz CT molecular complexity index is 906. The van der Waals surface area contributed by atoms with Crippen molar-refractivity contribution in [2.24, 2.45) is 0 Å². The van der Waals surface area contributed by atoms with Crippen molar-refractivity contribution in [1.29, 1.82) is 0 Å². The highest BCUT2D eigenvalue weighted by atomic mass is 32.2. The number of carbonyl (C=O) groups excluding carboxylic acids is 2. The summed E-state index contributed by atoms with van der Waals surface area (Å²) in [6.45, 7) is 6.36. The summed E-state index contributed by atoms with van der Waals surface area (Å²) < 4.78 is 0. The van der Waals surface area contributed by atoms with Crippen molar-refractivity contribution in [2.45, 2.75) is 57.9 Å². The van der Waals surface area contributed by atoms with E-state index in [0.717, 1.165) is 17.5 Å². The molecule has 0 radical (unpaired) electrons. The van der Waals surface area contributed by atoms with Crippen LogP contribution >= 0.6 is 11.8 Å². The fourth-order valence-electron chi connectivity index (χ4n) is 3.39. The van der Waals surface area contributed by atoms with Crippen molar-refractivity contribution in [3.05, 3.63) is 75.8 Å². The molecule has 0 saturated heterocycles. The SMILES string of the molecule is CCC(C)NC(=O)C(CC)N(CCc1ccccc1)C(=O)CSCc1ccc([N+](=O)[O-])cc1. The Morgan fingerprint density at radius 2 is 1.70 bits per heavy atom. The van der Waals surface area contributed by atoms with Crippen LogP contribution < -0.4 is 5.32 Å². The zero-order valence-corrected chi connectivity index (χ0v) is 20.3. The van der Waals surface area contributed by atoms with Gasteiger partial charge in [-0.1, -0.05) is 56.3 Å². The molecule has 0 fully saturated rings. The maximum Gasteiger partial charge on any atom is 0.269 e. The maximum atomic E-state index is 13.2. The third-order valence-electron chi connectivity index (χ3n) is 5.51. The first-order valence-electron chi connectivity index (χ1n) is 11.3. The van der Waals surface area contributed by atoms with Gasteiger partial charge in [-0.25, -0.2) is 0 Å². The van der Waals surface area contributed by atoms with Crippen LogP contribution in [0.5, 0.6) is 0 Å².